The molecule has 0 aliphatic rings. The molecule has 1 aromatic carbocycles. The molecule has 0 heterocycles. The number of ether oxygens (including phenoxy) is 1. The number of benzene rings is 1. The summed E-state index contributed by atoms with van der Waals surface area (Å²) in [5, 5.41) is 7.82. The SMILES string of the molecule is COC(=O)c1ccccc1N=C/C(Cl)=C(\Cl)C(=O)O. The second kappa shape index (κ2) is 6.92. The fourth-order valence-corrected chi connectivity index (χ4v) is 1.33. The summed E-state index contributed by atoms with van der Waals surface area (Å²) in [6.07, 6.45) is 1.06. The number of allylic oxidation sites excluding steroid dienone is 1. The van der Waals surface area contributed by atoms with Crippen molar-refractivity contribution < 1.29 is 19.4 Å². The number of carbonyl (C=O) groups is 2. The first-order valence-electron chi connectivity index (χ1n) is 4.97. The van der Waals surface area contributed by atoms with E-state index < -0.39 is 17.0 Å². The third-order valence-corrected chi connectivity index (χ3v) is 2.77. The van der Waals surface area contributed by atoms with Gasteiger partial charge in [-0.25, -0.2) is 9.59 Å². The lowest BCUT2D eigenvalue weighted by Crippen LogP contribution is -2.01. The van der Waals surface area contributed by atoms with Crippen molar-refractivity contribution in [3.8, 4) is 0 Å². The van der Waals surface area contributed by atoms with E-state index in [2.05, 4.69) is 9.73 Å². The molecule has 0 bridgehead atoms. The first-order valence-corrected chi connectivity index (χ1v) is 5.73. The lowest BCUT2D eigenvalue weighted by Gasteiger charge is -2.02. The van der Waals surface area contributed by atoms with Crippen molar-refractivity contribution >= 4 is 47.0 Å². The van der Waals surface area contributed by atoms with Crippen molar-refractivity contribution in [2.45, 2.75) is 0 Å². The summed E-state index contributed by atoms with van der Waals surface area (Å²) in [6, 6.07) is 6.39. The number of para-hydroxylation sites is 1. The number of esters is 1. The average molecular weight is 302 g/mol. The Bertz CT molecular complexity index is 567. The normalized spacial score (nSPS) is 12.2. The molecule has 100 valence electrons. The van der Waals surface area contributed by atoms with Crippen molar-refractivity contribution in [2.24, 2.45) is 4.99 Å². The van der Waals surface area contributed by atoms with Gasteiger partial charge in [0.05, 0.1) is 23.4 Å². The van der Waals surface area contributed by atoms with Crippen molar-refractivity contribution in [1.82, 2.24) is 0 Å². The van der Waals surface area contributed by atoms with Crippen molar-refractivity contribution in [1.29, 1.82) is 0 Å². The zero-order valence-electron chi connectivity index (χ0n) is 9.76. The van der Waals surface area contributed by atoms with Crippen LogP contribution in [0.3, 0.4) is 0 Å². The monoisotopic (exact) mass is 301 g/mol. The first-order chi connectivity index (χ1) is 8.97. The maximum atomic E-state index is 11.5. The highest BCUT2D eigenvalue weighted by Gasteiger charge is 2.11. The van der Waals surface area contributed by atoms with E-state index in [1.165, 1.54) is 13.2 Å². The topological polar surface area (TPSA) is 76.0 Å². The highest BCUT2D eigenvalue weighted by atomic mass is 35.5. The number of hydrogen-bond donors (Lipinski definition) is 1. The molecular formula is C12H9Cl2NO4. The fraction of sp³-hybridized carbons (Fsp3) is 0.0833. The lowest BCUT2D eigenvalue weighted by atomic mass is 10.2. The molecule has 0 saturated carbocycles. The maximum absolute atomic E-state index is 11.5. The van der Waals surface area contributed by atoms with Crippen LogP contribution in [0.25, 0.3) is 0 Å². The maximum Gasteiger partial charge on any atom is 0.348 e. The number of nitrogens with zero attached hydrogens (tertiary/aromatic N) is 1. The molecule has 0 aromatic heterocycles. The van der Waals surface area contributed by atoms with Crippen LogP contribution in [0.1, 0.15) is 10.4 Å². The van der Waals surface area contributed by atoms with E-state index in [9.17, 15) is 9.59 Å². The van der Waals surface area contributed by atoms with Gasteiger partial charge in [0.25, 0.3) is 0 Å². The quantitative estimate of drug-likeness (QED) is 0.527. The van der Waals surface area contributed by atoms with Crippen LogP contribution in [0.2, 0.25) is 0 Å². The minimum Gasteiger partial charge on any atom is -0.477 e. The van der Waals surface area contributed by atoms with Crippen molar-refractivity contribution in [3.63, 3.8) is 0 Å². The Balaban J connectivity index is 3.10. The fourth-order valence-electron chi connectivity index (χ4n) is 1.15. The smallest absolute Gasteiger partial charge is 0.348 e. The molecule has 0 fully saturated rings. The lowest BCUT2D eigenvalue weighted by molar-refractivity contribution is -0.131. The summed E-state index contributed by atoms with van der Waals surface area (Å²) in [6.45, 7) is 0. The zero-order chi connectivity index (χ0) is 14.4. The van der Waals surface area contributed by atoms with Gasteiger partial charge in [0, 0.05) is 6.21 Å². The Kier molecular flexibility index (Phi) is 5.54. The number of aliphatic imine (C=N–C) groups is 1. The molecule has 0 aliphatic heterocycles. The van der Waals surface area contributed by atoms with Crippen molar-refractivity contribution in [3.05, 3.63) is 39.9 Å². The van der Waals surface area contributed by atoms with Crippen LogP contribution < -0.4 is 0 Å². The molecule has 1 rings (SSSR count). The summed E-state index contributed by atoms with van der Waals surface area (Å²) in [7, 11) is 1.25. The Labute approximate surface area is 119 Å². The Hall–Kier alpha value is -1.85. The molecule has 1 N–H and O–H groups in total. The van der Waals surface area contributed by atoms with Gasteiger partial charge < -0.3 is 9.84 Å². The first kappa shape index (κ1) is 15.2. The number of methoxy groups -OCH3 is 1. The second-order valence-corrected chi connectivity index (χ2v) is 4.02. The van der Waals surface area contributed by atoms with E-state index in [-0.39, 0.29) is 10.6 Å². The Morgan fingerprint density at radius 3 is 2.53 bits per heavy atom. The highest BCUT2D eigenvalue weighted by molar-refractivity contribution is 6.51. The molecule has 0 saturated heterocycles. The number of aliphatic carboxylic acids is 1. The van der Waals surface area contributed by atoms with Gasteiger partial charge in [-0.3, -0.25) is 4.99 Å². The molecule has 0 radical (unpaired) electrons. The second-order valence-electron chi connectivity index (χ2n) is 3.23. The van der Waals surface area contributed by atoms with Gasteiger partial charge in [0.1, 0.15) is 5.03 Å². The van der Waals surface area contributed by atoms with Crippen LogP contribution in [0.4, 0.5) is 5.69 Å². The average Bonchev–Trinajstić information content (AvgIpc) is 2.43. The van der Waals surface area contributed by atoms with Gasteiger partial charge in [0.15, 0.2) is 0 Å². The molecule has 1 aromatic rings. The minimum atomic E-state index is -1.36. The predicted molar refractivity (Wildman–Crippen MR) is 72.3 cm³/mol. The van der Waals surface area contributed by atoms with Crippen molar-refractivity contribution in [2.75, 3.05) is 7.11 Å². The number of rotatable bonds is 4. The van der Waals surface area contributed by atoms with Crippen LogP contribution in [-0.2, 0) is 9.53 Å². The molecule has 0 atom stereocenters. The highest BCUT2D eigenvalue weighted by Crippen LogP contribution is 2.20. The van der Waals surface area contributed by atoms with Gasteiger partial charge in [-0.2, -0.15) is 0 Å². The molecule has 0 aliphatic carbocycles. The Morgan fingerprint density at radius 1 is 1.32 bits per heavy atom. The van der Waals surface area contributed by atoms with E-state index in [0.29, 0.717) is 5.69 Å². The molecule has 0 spiro atoms. The van der Waals surface area contributed by atoms with Gasteiger partial charge in [-0.05, 0) is 12.1 Å². The Morgan fingerprint density at radius 2 is 1.95 bits per heavy atom. The number of hydrogen-bond acceptors (Lipinski definition) is 4. The third-order valence-electron chi connectivity index (χ3n) is 2.02. The van der Waals surface area contributed by atoms with Gasteiger partial charge >= 0.3 is 11.9 Å². The van der Waals surface area contributed by atoms with Crippen LogP contribution in [0, 0.1) is 0 Å². The number of halogens is 2. The summed E-state index contributed by atoms with van der Waals surface area (Å²) in [5.74, 6) is -1.92. The van der Waals surface area contributed by atoms with Gasteiger partial charge in [-0.1, -0.05) is 35.3 Å². The number of carboxylic acid groups (broad SMARTS) is 1. The van der Waals surface area contributed by atoms with Crippen LogP contribution in [-0.4, -0.2) is 30.4 Å². The van der Waals surface area contributed by atoms with Gasteiger partial charge in [-0.15, -0.1) is 0 Å². The van der Waals surface area contributed by atoms with E-state index in [1.807, 2.05) is 0 Å². The predicted octanol–water partition coefficient (Wildman–Crippen LogP) is 2.95. The molecule has 0 unspecified atom stereocenters. The largest absolute Gasteiger partial charge is 0.477 e. The molecule has 5 nitrogen and oxygen atoms in total. The molecular weight excluding hydrogens is 293 g/mol. The third kappa shape index (κ3) is 4.08. The molecule has 0 amide bonds. The standard InChI is InChI=1S/C12H9Cl2NO4/c1-19-12(18)7-4-2-3-5-9(7)15-6-8(13)10(14)11(16)17/h2-6H,1H3,(H,16,17)/b10-8+,15-6?. The summed E-state index contributed by atoms with van der Waals surface area (Å²) in [4.78, 5) is 25.9. The van der Waals surface area contributed by atoms with Crippen LogP contribution in [0.5, 0.6) is 0 Å². The molecule has 7 heteroatoms. The zero-order valence-corrected chi connectivity index (χ0v) is 11.3. The van der Waals surface area contributed by atoms with Crippen LogP contribution in [0.15, 0.2) is 39.3 Å². The van der Waals surface area contributed by atoms with Crippen LogP contribution >= 0.6 is 23.2 Å². The van der Waals surface area contributed by atoms with Gasteiger partial charge in [0.2, 0.25) is 0 Å². The van der Waals surface area contributed by atoms with E-state index in [1.54, 1.807) is 18.2 Å². The summed E-state index contributed by atoms with van der Waals surface area (Å²) in [5.41, 5.74) is 0.527. The number of carboxylic acids is 1. The van der Waals surface area contributed by atoms with E-state index in [0.717, 1.165) is 6.21 Å². The van der Waals surface area contributed by atoms with E-state index in [4.69, 9.17) is 28.3 Å². The minimum absolute atomic E-state index is 0.233. The summed E-state index contributed by atoms with van der Waals surface area (Å²) < 4.78 is 4.59. The summed E-state index contributed by atoms with van der Waals surface area (Å²) >= 11 is 11.1. The molecule has 19 heavy (non-hydrogen) atoms. The van der Waals surface area contributed by atoms with E-state index >= 15 is 0 Å². The number of carbonyl (C=O) groups excluding carboxylic acids is 1.